The smallest absolute Gasteiger partial charge is 0.234 e. The number of hydrogen-bond donors (Lipinski definition) is 1. The number of nitrogens with one attached hydrogen (secondary N) is 1. The third-order valence-corrected chi connectivity index (χ3v) is 6.01. The van der Waals surface area contributed by atoms with Crippen LogP contribution >= 0.6 is 23.4 Å². The van der Waals surface area contributed by atoms with Gasteiger partial charge in [0.15, 0.2) is 17.1 Å². The Kier molecular flexibility index (Phi) is 7.39. The summed E-state index contributed by atoms with van der Waals surface area (Å²) in [6.07, 6.45) is -0.298. The summed E-state index contributed by atoms with van der Waals surface area (Å²) in [5, 5.41) is 12.9. The van der Waals surface area contributed by atoms with Crippen LogP contribution in [0.1, 0.15) is 36.9 Å². The average Bonchev–Trinajstić information content (AvgIpc) is 3.14. The molecule has 0 saturated heterocycles. The fourth-order valence-electron chi connectivity index (χ4n) is 2.98. The zero-order valence-corrected chi connectivity index (χ0v) is 19.0. The average molecular weight is 445 g/mol. The Balaban J connectivity index is 1.65. The second kappa shape index (κ2) is 10.00. The Morgan fingerprint density at radius 2 is 1.97 bits per heavy atom. The molecule has 6 nitrogen and oxygen atoms in total. The monoisotopic (exact) mass is 444 g/mol. The van der Waals surface area contributed by atoms with Crippen molar-refractivity contribution in [2.24, 2.45) is 0 Å². The van der Waals surface area contributed by atoms with Crippen molar-refractivity contribution < 1.29 is 9.53 Å². The molecule has 1 N–H and O–H groups in total. The largest absolute Gasteiger partial charge is 0.483 e. The van der Waals surface area contributed by atoms with Crippen LogP contribution < -0.4 is 10.1 Å². The van der Waals surface area contributed by atoms with Gasteiger partial charge in [0.1, 0.15) is 5.75 Å². The molecule has 8 heteroatoms. The van der Waals surface area contributed by atoms with Crippen molar-refractivity contribution in [2.75, 3.05) is 11.1 Å². The quantitative estimate of drug-likeness (QED) is 0.468. The molecular weight excluding hydrogens is 420 g/mol. The molecule has 1 unspecified atom stereocenters. The van der Waals surface area contributed by atoms with Crippen molar-refractivity contribution in [3.05, 3.63) is 64.4 Å². The van der Waals surface area contributed by atoms with Gasteiger partial charge in [0.2, 0.25) is 5.91 Å². The molecule has 3 rings (SSSR count). The van der Waals surface area contributed by atoms with Crippen molar-refractivity contribution in [3.63, 3.8) is 0 Å². The molecule has 30 heavy (non-hydrogen) atoms. The molecule has 0 saturated carbocycles. The minimum atomic E-state index is -0.298. The Morgan fingerprint density at radius 3 is 2.67 bits per heavy atom. The lowest BCUT2D eigenvalue weighted by Gasteiger charge is -2.16. The van der Waals surface area contributed by atoms with E-state index in [1.165, 1.54) is 11.8 Å². The highest BCUT2D eigenvalue weighted by Gasteiger charge is 2.19. The molecule has 0 aliphatic heterocycles. The highest BCUT2D eigenvalue weighted by Crippen LogP contribution is 2.27. The minimum absolute atomic E-state index is 0.0811. The lowest BCUT2D eigenvalue weighted by Crippen LogP contribution is -2.16. The fourth-order valence-corrected chi connectivity index (χ4v) is 3.91. The number of carbonyl (C=O) groups excluding carboxylic acids is 1. The van der Waals surface area contributed by atoms with E-state index in [1.807, 2.05) is 74.7 Å². The third kappa shape index (κ3) is 5.34. The third-order valence-electron chi connectivity index (χ3n) is 4.62. The molecule has 0 fully saturated rings. The van der Waals surface area contributed by atoms with Crippen LogP contribution in [-0.2, 0) is 11.3 Å². The van der Waals surface area contributed by atoms with Gasteiger partial charge in [0.25, 0.3) is 0 Å². The molecule has 0 bridgehead atoms. The Morgan fingerprint density at radius 1 is 1.20 bits per heavy atom. The minimum Gasteiger partial charge on any atom is -0.483 e. The maximum Gasteiger partial charge on any atom is 0.234 e. The number of carbonyl (C=O) groups is 1. The predicted molar refractivity (Wildman–Crippen MR) is 121 cm³/mol. The van der Waals surface area contributed by atoms with Gasteiger partial charge in [0.05, 0.1) is 5.75 Å². The molecule has 1 atom stereocenters. The topological polar surface area (TPSA) is 69.0 Å². The van der Waals surface area contributed by atoms with Crippen LogP contribution in [0.25, 0.3) is 0 Å². The molecule has 2 aromatic carbocycles. The van der Waals surface area contributed by atoms with E-state index in [0.717, 1.165) is 22.6 Å². The van der Waals surface area contributed by atoms with Crippen LogP contribution in [0.4, 0.5) is 5.69 Å². The van der Waals surface area contributed by atoms with E-state index in [2.05, 4.69) is 15.5 Å². The zero-order chi connectivity index (χ0) is 21.7. The van der Waals surface area contributed by atoms with Crippen molar-refractivity contribution in [2.45, 2.75) is 45.5 Å². The number of hydrogen-bond acceptors (Lipinski definition) is 5. The van der Waals surface area contributed by atoms with Crippen molar-refractivity contribution in [3.8, 4) is 5.75 Å². The summed E-state index contributed by atoms with van der Waals surface area (Å²) < 4.78 is 8.01. The van der Waals surface area contributed by atoms with E-state index in [4.69, 9.17) is 16.3 Å². The van der Waals surface area contributed by atoms with E-state index in [1.54, 1.807) is 0 Å². The molecule has 0 radical (unpaired) electrons. The first-order valence-corrected chi connectivity index (χ1v) is 11.1. The normalized spacial score (nSPS) is 11.9. The number of halogens is 1. The van der Waals surface area contributed by atoms with Gasteiger partial charge in [-0.1, -0.05) is 41.6 Å². The summed E-state index contributed by atoms with van der Waals surface area (Å²) >= 11 is 7.45. The van der Waals surface area contributed by atoms with E-state index in [0.29, 0.717) is 22.5 Å². The number of thioether (sulfide) groups is 1. The second-order valence-corrected chi connectivity index (χ2v) is 8.26. The molecule has 0 spiro atoms. The van der Waals surface area contributed by atoms with Gasteiger partial charge >= 0.3 is 0 Å². The lowest BCUT2D eigenvalue weighted by molar-refractivity contribution is -0.113. The van der Waals surface area contributed by atoms with Crippen LogP contribution in [-0.4, -0.2) is 26.4 Å². The van der Waals surface area contributed by atoms with E-state index in [-0.39, 0.29) is 17.8 Å². The first kappa shape index (κ1) is 22.2. The second-order valence-electron chi connectivity index (χ2n) is 6.91. The maximum atomic E-state index is 12.4. The van der Waals surface area contributed by atoms with Crippen LogP contribution in [0.5, 0.6) is 5.75 Å². The molecule has 1 aromatic heterocycles. The van der Waals surface area contributed by atoms with Gasteiger partial charge in [-0.15, -0.1) is 10.2 Å². The zero-order valence-electron chi connectivity index (χ0n) is 17.5. The summed E-state index contributed by atoms with van der Waals surface area (Å²) in [4.78, 5) is 12.4. The van der Waals surface area contributed by atoms with Crippen LogP contribution in [0.15, 0.2) is 47.6 Å². The van der Waals surface area contributed by atoms with Gasteiger partial charge in [-0.05, 0) is 63.1 Å². The maximum absolute atomic E-state index is 12.4. The first-order chi connectivity index (χ1) is 14.4. The number of ether oxygens (including phenoxy) is 1. The molecule has 0 aliphatic carbocycles. The molecule has 158 valence electrons. The molecule has 1 heterocycles. The van der Waals surface area contributed by atoms with Gasteiger partial charge in [-0.25, -0.2) is 0 Å². The Bertz CT molecular complexity index is 1040. The molecular formula is C22H25ClN4O2S. The van der Waals surface area contributed by atoms with E-state index in [9.17, 15) is 4.79 Å². The number of anilines is 1. The number of benzene rings is 2. The Hall–Kier alpha value is -2.51. The van der Waals surface area contributed by atoms with Crippen molar-refractivity contribution in [1.82, 2.24) is 14.8 Å². The van der Waals surface area contributed by atoms with Gasteiger partial charge < -0.3 is 14.6 Å². The number of amides is 1. The summed E-state index contributed by atoms with van der Waals surface area (Å²) in [6, 6.07) is 13.3. The summed E-state index contributed by atoms with van der Waals surface area (Å²) in [5.41, 5.74) is 2.80. The van der Waals surface area contributed by atoms with E-state index >= 15 is 0 Å². The standard InChI is InChI=1S/C22H25ClN4O2S/c1-5-27-21(16(4)29-17-10-11-18(23)15(3)12-17)25-26-22(27)30-13-20(28)24-19-9-7-6-8-14(19)2/h6-12,16H,5,13H2,1-4H3,(H,24,28). The Labute approximate surface area is 186 Å². The highest BCUT2D eigenvalue weighted by atomic mass is 35.5. The van der Waals surface area contributed by atoms with Crippen LogP contribution in [0.2, 0.25) is 5.02 Å². The fraction of sp³-hybridized carbons (Fsp3) is 0.318. The van der Waals surface area contributed by atoms with Crippen molar-refractivity contribution in [1.29, 1.82) is 0 Å². The number of rotatable bonds is 8. The predicted octanol–water partition coefficient (Wildman–Crippen LogP) is 5.44. The van der Waals surface area contributed by atoms with Gasteiger partial charge in [-0.2, -0.15) is 0 Å². The first-order valence-electron chi connectivity index (χ1n) is 9.73. The number of aryl methyl sites for hydroxylation is 2. The van der Waals surface area contributed by atoms with Crippen LogP contribution in [0, 0.1) is 13.8 Å². The lowest BCUT2D eigenvalue weighted by atomic mass is 10.2. The number of para-hydroxylation sites is 1. The summed E-state index contributed by atoms with van der Waals surface area (Å²) in [6.45, 7) is 8.53. The summed E-state index contributed by atoms with van der Waals surface area (Å²) in [5.74, 6) is 1.61. The van der Waals surface area contributed by atoms with Gasteiger partial charge in [0, 0.05) is 17.3 Å². The molecule has 0 aliphatic rings. The molecule has 3 aromatic rings. The molecule has 1 amide bonds. The summed E-state index contributed by atoms with van der Waals surface area (Å²) in [7, 11) is 0. The van der Waals surface area contributed by atoms with Crippen molar-refractivity contribution >= 4 is 35.0 Å². The highest BCUT2D eigenvalue weighted by molar-refractivity contribution is 7.99. The SMILES string of the molecule is CCn1c(SCC(=O)Nc2ccccc2C)nnc1C(C)Oc1ccc(Cl)c(C)c1. The number of aromatic nitrogens is 3. The van der Waals surface area contributed by atoms with E-state index < -0.39 is 0 Å². The van der Waals surface area contributed by atoms with Crippen LogP contribution in [0.3, 0.4) is 0 Å². The van der Waals surface area contributed by atoms with Gasteiger partial charge in [-0.3, -0.25) is 4.79 Å². The number of nitrogens with zero attached hydrogens (tertiary/aromatic N) is 3.